The molecule has 0 heterocycles. The van der Waals surface area contributed by atoms with Gasteiger partial charge in [-0.2, -0.15) is 0 Å². The minimum Gasteiger partial charge on any atom is -0.370 e. The highest BCUT2D eigenvalue weighted by atomic mass is 35.5. The van der Waals surface area contributed by atoms with E-state index in [1.807, 2.05) is 0 Å². The van der Waals surface area contributed by atoms with Crippen LogP contribution in [0.1, 0.15) is 19.8 Å². The lowest BCUT2D eigenvalue weighted by molar-refractivity contribution is 0.804. The van der Waals surface area contributed by atoms with Crippen LogP contribution in [0.3, 0.4) is 0 Å². The largest absolute Gasteiger partial charge is 0.370 e. The number of aliphatic imine (C=N–C) groups is 1. The maximum Gasteiger partial charge on any atom is 0.195 e. The van der Waals surface area contributed by atoms with Crippen molar-refractivity contribution in [1.82, 2.24) is 5.32 Å². The first kappa shape index (κ1) is 19.8. The van der Waals surface area contributed by atoms with Crippen LogP contribution in [-0.2, 0) is 0 Å². The van der Waals surface area contributed by atoms with E-state index < -0.39 is 0 Å². The molecule has 16 heavy (non-hydrogen) atoms. The molecule has 0 aromatic heterocycles. The SMILES string of the molecule is CCCCN=C(N)NC(=N)N.Cl.N=C(N)N. The topological polar surface area (TPSA) is 176 Å². The number of rotatable bonds is 3. The van der Waals surface area contributed by atoms with Gasteiger partial charge >= 0.3 is 0 Å². The molecule has 0 aliphatic rings. The molecule has 0 rings (SSSR count). The van der Waals surface area contributed by atoms with E-state index in [0.717, 1.165) is 12.8 Å². The number of unbranched alkanes of at least 4 members (excludes halogenated alkanes) is 1. The van der Waals surface area contributed by atoms with Gasteiger partial charge in [0.05, 0.1) is 0 Å². The van der Waals surface area contributed by atoms with Crippen molar-refractivity contribution in [3.63, 3.8) is 0 Å². The number of nitrogens with zero attached hydrogens (tertiary/aromatic N) is 1. The van der Waals surface area contributed by atoms with Gasteiger partial charge in [0.2, 0.25) is 0 Å². The zero-order chi connectivity index (χ0) is 12.3. The molecule has 0 unspecified atom stereocenters. The molecule has 0 fully saturated rings. The van der Waals surface area contributed by atoms with Crippen LogP contribution >= 0.6 is 12.4 Å². The molecule has 9 heteroatoms. The molecule has 0 bridgehead atoms. The zero-order valence-corrected chi connectivity index (χ0v) is 10.1. The Kier molecular flexibility index (Phi) is 16.5. The summed E-state index contributed by atoms with van der Waals surface area (Å²) in [7, 11) is 0. The van der Waals surface area contributed by atoms with E-state index in [1.165, 1.54) is 0 Å². The summed E-state index contributed by atoms with van der Waals surface area (Å²) in [5.74, 6) is -0.298. The van der Waals surface area contributed by atoms with E-state index in [-0.39, 0.29) is 30.3 Å². The molecule has 96 valence electrons. The number of hydrogen-bond acceptors (Lipinski definition) is 3. The van der Waals surface area contributed by atoms with Crippen LogP contribution in [0.5, 0.6) is 0 Å². The van der Waals surface area contributed by atoms with E-state index in [2.05, 4.69) is 28.7 Å². The molecular weight excluding hydrogens is 232 g/mol. The van der Waals surface area contributed by atoms with E-state index in [9.17, 15) is 0 Å². The fraction of sp³-hybridized carbons (Fsp3) is 0.571. The second-order valence-corrected chi connectivity index (χ2v) is 2.61. The molecule has 0 atom stereocenters. The van der Waals surface area contributed by atoms with Gasteiger partial charge < -0.3 is 22.9 Å². The highest BCUT2D eigenvalue weighted by molar-refractivity contribution is 5.95. The monoisotopic (exact) mass is 252 g/mol. The third-order valence-electron chi connectivity index (χ3n) is 1.06. The van der Waals surface area contributed by atoms with Crippen LogP contribution < -0.4 is 28.3 Å². The van der Waals surface area contributed by atoms with E-state index in [1.54, 1.807) is 0 Å². The van der Waals surface area contributed by atoms with Crippen LogP contribution in [0, 0.1) is 10.8 Å². The summed E-state index contributed by atoms with van der Waals surface area (Å²) < 4.78 is 0. The Hall–Kier alpha value is -1.70. The lowest BCUT2D eigenvalue weighted by Gasteiger charge is -2.00. The molecule has 0 saturated heterocycles. The lowest BCUT2D eigenvalue weighted by Crippen LogP contribution is -2.40. The second kappa shape index (κ2) is 13.3. The summed E-state index contributed by atoms with van der Waals surface area (Å²) >= 11 is 0. The van der Waals surface area contributed by atoms with Gasteiger partial charge in [0, 0.05) is 6.54 Å². The Labute approximate surface area is 101 Å². The molecule has 0 aromatic carbocycles. The molecule has 11 N–H and O–H groups in total. The minimum atomic E-state index is -0.333. The molecule has 0 saturated carbocycles. The molecule has 0 aromatic rings. The summed E-state index contributed by atoms with van der Waals surface area (Å²) in [6, 6.07) is 0. The van der Waals surface area contributed by atoms with Crippen molar-refractivity contribution in [2.45, 2.75) is 19.8 Å². The lowest BCUT2D eigenvalue weighted by atomic mass is 10.3. The molecule has 0 amide bonds. The van der Waals surface area contributed by atoms with Gasteiger partial charge in [0.1, 0.15) is 0 Å². The summed E-state index contributed by atoms with van der Waals surface area (Å²) in [6.07, 6.45) is 2.08. The van der Waals surface area contributed by atoms with E-state index in [0.29, 0.717) is 6.54 Å². The third kappa shape index (κ3) is 29.5. The Morgan fingerprint density at radius 2 is 1.62 bits per heavy atom. The van der Waals surface area contributed by atoms with Crippen LogP contribution in [0.25, 0.3) is 0 Å². The van der Waals surface area contributed by atoms with Gasteiger partial charge in [-0.1, -0.05) is 13.3 Å². The standard InChI is InChI=1S/C6H15N5.CH5N3.ClH/c1-2-3-4-10-6(9)11-5(7)8;2-1(3)4;/h2-4H2,1H3,(H6,7,8,9,10,11);(H5,2,3,4);1H. The van der Waals surface area contributed by atoms with Crippen LogP contribution in [0.15, 0.2) is 4.99 Å². The molecule has 0 radical (unpaired) electrons. The highest BCUT2D eigenvalue weighted by Gasteiger charge is 1.90. The van der Waals surface area contributed by atoms with Gasteiger partial charge in [-0.05, 0) is 6.42 Å². The Morgan fingerprint density at radius 1 is 1.19 bits per heavy atom. The maximum absolute atomic E-state index is 6.81. The summed E-state index contributed by atoms with van der Waals surface area (Å²) in [4.78, 5) is 3.92. The zero-order valence-electron chi connectivity index (χ0n) is 9.29. The Bertz CT molecular complexity index is 222. The third-order valence-corrected chi connectivity index (χ3v) is 1.06. The number of nitrogens with two attached hydrogens (primary N) is 4. The first-order chi connectivity index (χ1) is 6.90. The molecule has 0 aliphatic carbocycles. The second-order valence-electron chi connectivity index (χ2n) is 2.61. The van der Waals surface area contributed by atoms with Gasteiger partial charge in [0.15, 0.2) is 17.9 Å². The van der Waals surface area contributed by atoms with Gasteiger partial charge in [0.25, 0.3) is 0 Å². The number of guanidine groups is 3. The summed E-state index contributed by atoms with van der Waals surface area (Å²) in [6.45, 7) is 2.76. The molecule has 0 spiro atoms. The Morgan fingerprint density at radius 3 is 1.94 bits per heavy atom. The van der Waals surface area contributed by atoms with E-state index in [4.69, 9.17) is 22.3 Å². The average Bonchev–Trinajstić information content (AvgIpc) is 2.02. The van der Waals surface area contributed by atoms with Crippen molar-refractivity contribution < 1.29 is 0 Å². The fourth-order valence-corrected chi connectivity index (χ4v) is 0.535. The first-order valence-corrected chi connectivity index (χ1v) is 4.40. The Balaban J connectivity index is -0.000000292. The number of nitrogens with one attached hydrogen (secondary N) is 3. The predicted octanol–water partition coefficient (Wildman–Crippen LogP) is -1.16. The van der Waals surface area contributed by atoms with Gasteiger partial charge in [-0.15, -0.1) is 12.4 Å². The number of hydrogen-bond donors (Lipinski definition) is 7. The minimum absolute atomic E-state index is 0. The van der Waals surface area contributed by atoms with Crippen molar-refractivity contribution >= 4 is 30.3 Å². The predicted molar refractivity (Wildman–Crippen MR) is 69.8 cm³/mol. The van der Waals surface area contributed by atoms with Crippen molar-refractivity contribution in [2.24, 2.45) is 27.9 Å². The number of halogens is 1. The molecule has 8 nitrogen and oxygen atoms in total. The van der Waals surface area contributed by atoms with Crippen LogP contribution in [0.4, 0.5) is 0 Å². The normalized spacial score (nSPS) is 9.19. The van der Waals surface area contributed by atoms with Gasteiger partial charge in [-0.3, -0.25) is 21.1 Å². The van der Waals surface area contributed by atoms with Crippen molar-refractivity contribution in [3.05, 3.63) is 0 Å². The molecular formula is C7H21ClN8. The van der Waals surface area contributed by atoms with Crippen LogP contribution in [0.2, 0.25) is 0 Å². The van der Waals surface area contributed by atoms with E-state index >= 15 is 0 Å². The maximum atomic E-state index is 6.81. The molecule has 0 aliphatic heterocycles. The quantitative estimate of drug-likeness (QED) is 0.190. The summed E-state index contributed by atoms with van der Waals surface area (Å²) in [5, 5.41) is 15.3. The van der Waals surface area contributed by atoms with Crippen molar-refractivity contribution in [1.29, 1.82) is 10.8 Å². The fourth-order valence-electron chi connectivity index (χ4n) is 0.535. The summed E-state index contributed by atoms with van der Waals surface area (Å²) in [5.41, 5.74) is 19.3. The highest BCUT2D eigenvalue weighted by Crippen LogP contribution is 1.85. The van der Waals surface area contributed by atoms with Crippen LogP contribution in [-0.4, -0.2) is 24.4 Å². The van der Waals surface area contributed by atoms with Gasteiger partial charge in [-0.25, -0.2) is 0 Å². The van der Waals surface area contributed by atoms with Crippen molar-refractivity contribution in [2.75, 3.05) is 6.54 Å². The van der Waals surface area contributed by atoms with Crippen molar-refractivity contribution in [3.8, 4) is 0 Å². The smallest absolute Gasteiger partial charge is 0.195 e. The average molecular weight is 253 g/mol. The first-order valence-electron chi connectivity index (χ1n) is 4.40.